The molecule has 0 spiro atoms. The zero-order chi connectivity index (χ0) is 14.2. The van der Waals surface area contributed by atoms with Crippen LogP contribution in [0, 0.1) is 5.92 Å². The van der Waals surface area contributed by atoms with E-state index in [1.807, 2.05) is 12.1 Å². The Balaban J connectivity index is 1.63. The first-order valence-corrected chi connectivity index (χ1v) is 7.97. The number of hydrogen-bond donors (Lipinski definition) is 1. The molecule has 0 amide bonds. The molecule has 1 aromatic rings. The topological polar surface area (TPSA) is 32.5 Å². The van der Waals surface area contributed by atoms with Crippen LogP contribution in [0.25, 0.3) is 0 Å². The van der Waals surface area contributed by atoms with Crippen molar-refractivity contribution in [2.45, 2.75) is 25.3 Å². The van der Waals surface area contributed by atoms with E-state index in [1.54, 1.807) is 0 Å². The Morgan fingerprint density at radius 2 is 1.75 bits per heavy atom. The molecule has 110 valence electrons. The van der Waals surface area contributed by atoms with Gasteiger partial charge in [-0.05, 0) is 49.9 Å². The molecule has 0 bridgehead atoms. The van der Waals surface area contributed by atoms with Crippen LogP contribution >= 0.6 is 11.6 Å². The van der Waals surface area contributed by atoms with Crippen LogP contribution in [0.1, 0.15) is 19.8 Å². The van der Waals surface area contributed by atoms with Crippen LogP contribution in [0.15, 0.2) is 24.3 Å². The molecule has 1 aromatic carbocycles. The molecule has 0 radical (unpaired) electrons. The van der Waals surface area contributed by atoms with Crippen molar-refractivity contribution in [3.05, 3.63) is 29.3 Å². The Bertz CT molecular complexity index is 449. The van der Waals surface area contributed by atoms with Crippen molar-refractivity contribution in [3.63, 3.8) is 0 Å². The van der Waals surface area contributed by atoms with E-state index in [9.17, 15) is 0 Å². The van der Waals surface area contributed by atoms with Gasteiger partial charge < -0.3 is 10.6 Å². The molecule has 1 saturated carbocycles. The van der Waals surface area contributed by atoms with Crippen molar-refractivity contribution in [1.29, 1.82) is 0 Å². The Kier molecular flexibility index (Phi) is 3.93. The average molecular weight is 294 g/mol. The highest BCUT2D eigenvalue weighted by atomic mass is 35.5. The van der Waals surface area contributed by atoms with Crippen molar-refractivity contribution in [2.75, 3.05) is 37.6 Å². The quantitative estimate of drug-likeness (QED) is 0.926. The van der Waals surface area contributed by atoms with Crippen molar-refractivity contribution in [1.82, 2.24) is 4.90 Å². The summed E-state index contributed by atoms with van der Waals surface area (Å²) in [6, 6.07) is 8.16. The molecule has 1 heterocycles. The van der Waals surface area contributed by atoms with Gasteiger partial charge >= 0.3 is 0 Å². The summed E-state index contributed by atoms with van der Waals surface area (Å²) in [7, 11) is 0. The van der Waals surface area contributed by atoms with Crippen LogP contribution in [0.4, 0.5) is 5.69 Å². The largest absolute Gasteiger partial charge is 0.369 e. The van der Waals surface area contributed by atoms with E-state index in [4.69, 9.17) is 17.3 Å². The van der Waals surface area contributed by atoms with Gasteiger partial charge in [-0.1, -0.05) is 11.6 Å². The number of halogens is 1. The Hall–Kier alpha value is -0.770. The molecular weight excluding hydrogens is 270 g/mol. The molecule has 1 unspecified atom stereocenters. The maximum absolute atomic E-state index is 6.07. The fourth-order valence-electron chi connectivity index (χ4n) is 3.39. The number of piperazine rings is 1. The minimum atomic E-state index is 0.214. The van der Waals surface area contributed by atoms with Gasteiger partial charge in [-0.3, -0.25) is 4.90 Å². The van der Waals surface area contributed by atoms with Gasteiger partial charge in [-0.15, -0.1) is 0 Å². The van der Waals surface area contributed by atoms with Crippen molar-refractivity contribution < 1.29 is 0 Å². The summed E-state index contributed by atoms with van der Waals surface area (Å²) in [6.45, 7) is 7.48. The van der Waals surface area contributed by atoms with Crippen LogP contribution in [0.2, 0.25) is 5.02 Å². The van der Waals surface area contributed by atoms with Gasteiger partial charge in [0.15, 0.2) is 0 Å². The van der Waals surface area contributed by atoms with Crippen LogP contribution in [0.5, 0.6) is 0 Å². The Morgan fingerprint density at radius 3 is 2.25 bits per heavy atom. The molecule has 0 aromatic heterocycles. The van der Waals surface area contributed by atoms with Gasteiger partial charge in [0.2, 0.25) is 0 Å². The molecule has 2 fully saturated rings. The lowest BCUT2D eigenvalue weighted by atomic mass is 9.92. The number of anilines is 1. The summed E-state index contributed by atoms with van der Waals surface area (Å²) in [5, 5.41) is 0.803. The van der Waals surface area contributed by atoms with Crippen molar-refractivity contribution in [2.24, 2.45) is 11.7 Å². The highest BCUT2D eigenvalue weighted by Crippen LogP contribution is 2.42. The molecule has 1 aliphatic carbocycles. The summed E-state index contributed by atoms with van der Waals surface area (Å²) in [5.41, 5.74) is 7.56. The Labute approximate surface area is 126 Å². The van der Waals surface area contributed by atoms with E-state index >= 15 is 0 Å². The molecule has 3 nitrogen and oxygen atoms in total. The molecule has 4 heteroatoms. The zero-order valence-electron chi connectivity index (χ0n) is 12.2. The lowest BCUT2D eigenvalue weighted by Gasteiger charge is -2.46. The van der Waals surface area contributed by atoms with Gasteiger partial charge in [0.05, 0.1) is 0 Å². The van der Waals surface area contributed by atoms with E-state index in [2.05, 4.69) is 28.9 Å². The molecular formula is C16H24ClN3. The summed E-state index contributed by atoms with van der Waals surface area (Å²) < 4.78 is 0. The number of hydrogen-bond acceptors (Lipinski definition) is 3. The minimum absolute atomic E-state index is 0.214. The molecule has 2 N–H and O–H groups in total. The van der Waals surface area contributed by atoms with Crippen LogP contribution in [0.3, 0.4) is 0 Å². The van der Waals surface area contributed by atoms with Crippen LogP contribution in [-0.4, -0.2) is 43.2 Å². The van der Waals surface area contributed by atoms with E-state index in [1.165, 1.54) is 18.5 Å². The molecule has 1 aliphatic heterocycles. The number of rotatable bonds is 4. The van der Waals surface area contributed by atoms with E-state index in [-0.39, 0.29) is 5.54 Å². The van der Waals surface area contributed by atoms with Crippen molar-refractivity contribution in [3.8, 4) is 0 Å². The second-order valence-electron chi connectivity index (χ2n) is 6.29. The van der Waals surface area contributed by atoms with E-state index in [0.29, 0.717) is 0 Å². The van der Waals surface area contributed by atoms with Gasteiger partial charge in [0.1, 0.15) is 0 Å². The summed E-state index contributed by atoms with van der Waals surface area (Å²) in [5.74, 6) is 0.814. The predicted octanol–water partition coefficient (Wildman–Crippen LogP) is 2.59. The first-order chi connectivity index (χ1) is 9.63. The second-order valence-corrected chi connectivity index (χ2v) is 6.72. The van der Waals surface area contributed by atoms with Gasteiger partial charge in [0.25, 0.3) is 0 Å². The lowest BCUT2D eigenvalue weighted by molar-refractivity contribution is 0.0826. The number of nitrogens with two attached hydrogens (primary N) is 1. The minimum Gasteiger partial charge on any atom is -0.369 e. The third-order valence-corrected chi connectivity index (χ3v) is 5.32. The summed E-state index contributed by atoms with van der Waals surface area (Å²) in [6.07, 6.45) is 2.70. The number of benzene rings is 1. The second kappa shape index (κ2) is 5.55. The molecule has 2 aliphatic rings. The van der Waals surface area contributed by atoms with E-state index in [0.717, 1.165) is 43.7 Å². The number of nitrogens with zero attached hydrogens (tertiary/aromatic N) is 2. The van der Waals surface area contributed by atoms with Crippen LogP contribution < -0.4 is 10.6 Å². The summed E-state index contributed by atoms with van der Waals surface area (Å²) in [4.78, 5) is 5.05. The first-order valence-electron chi connectivity index (χ1n) is 7.59. The fourth-order valence-corrected chi connectivity index (χ4v) is 3.51. The first kappa shape index (κ1) is 14.2. The zero-order valence-corrected chi connectivity index (χ0v) is 12.9. The smallest absolute Gasteiger partial charge is 0.0407 e. The van der Waals surface area contributed by atoms with Crippen molar-refractivity contribution >= 4 is 17.3 Å². The SMILES string of the molecule is CC(CN)(C1CC1)N1CCN(c2ccc(Cl)cc2)CC1. The summed E-state index contributed by atoms with van der Waals surface area (Å²) >= 11 is 5.95. The van der Waals surface area contributed by atoms with E-state index < -0.39 is 0 Å². The average Bonchev–Trinajstić information content (AvgIpc) is 3.32. The highest BCUT2D eigenvalue weighted by molar-refractivity contribution is 6.30. The predicted molar refractivity (Wildman–Crippen MR) is 85.4 cm³/mol. The third-order valence-electron chi connectivity index (χ3n) is 5.06. The Morgan fingerprint density at radius 1 is 1.15 bits per heavy atom. The monoisotopic (exact) mass is 293 g/mol. The third kappa shape index (κ3) is 2.67. The molecule has 20 heavy (non-hydrogen) atoms. The maximum Gasteiger partial charge on any atom is 0.0407 e. The molecule has 1 atom stereocenters. The fraction of sp³-hybridized carbons (Fsp3) is 0.625. The van der Waals surface area contributed by atoms with Crippen LogP contribution in [-0.2, 0) is 0 Å². The molecule has 1 saturated heterocycles. The maximum atomic E-state index is 6.07. The lowest BCUT2D eigenvalue weighted by Crippen LogP contribution is -2.60. The normalized spacial score (nSPS) is 23.6. The van der Waals surface area contributed by atoms with Gasteiger partial charge in [-0.2, -0.15) is 0 Å². The standard InChI is InChI=1S/C16H24ClN3/c1-16(12-18,13-2-3-13)20-10-8-19(9-11-20)15-6-4-14(17)5-7-15/h4-7,13H,2-3,8-12,18H2,1H3. The van der Waals surface area contributed by atoms with Gasteiger partial charge in [0, 0.05) is 49.0 Å². The van der Waals surface area contributed by atoms with Gasteiger partial charge in [-0.25, -0.2) is 0 Å². The highest BCUT2D eigenvalue weighted by Gasteiger charge is 2.45. The molecule has 3 rings (SSSR count).